The van der Waals surface area contributed by atoms with Crippen molar-refractivity contribution in [1.82, 2.24) is 15.2 Å². The van der Waals surface area contributed by atoms with Crippen molar-refractivity contribution in [3.05, 3.63) is 44.9 Å². The number of carbonyl (C=O) groups is 2. The van der Waals surface area contributed by atoms with Gasteiger partial charge < -0.3 is 15.1 Å². The van der Waals surface area contributed by atoms with E-state index < -0.39 is 43.3 Å². The number of likely N-dealkylation sites (tertiary alicyclic amines) is 1. The van der Waals surface area contributed by atoms with Crippen LogP contribution >= 0.6 is 34.5 Å². The van der Waals surface area contributed by atoms with Crippen molar-refractivity contribution in [2.24, 2.45) is 0 Å². The maximum atomic E-state index is 13.6. The van der Waals surface area contributed by atoms with E-state index in [2.05, 4.69) is 22.1 Å². The molecule has 1 atom stereocenters. The van der Waals surface area contributed by atoms with E-state index >= 15 is 0 Å². The van der Waals surface area contributed by atoms with Crippen LogP contribution in [0.25, 0.3) is 0 Å². The molecule has 1 fully saturated rings. The molecule has 2 aromatic rings. The lowest BCUT2D eigenvalue weighted by Gasteiger charge is -2.19. The second-order valence-corrected chi connectivity index (χ2v) is 9.11. The van der Waals surface area contributed by atoms with Crippen LogP contribution in [-0.2, 0) is 11.3 Å². The second kappa shape index (κ2) is 11.0. The topological polar surface area (TPSA) is 89.3 Å². The van der Waals surface area contributed by atoms with Gasteiger partial charge in [0.1, 0.15) is 11.7 Å². The highest BCUT2D eigenvalue weighted by Gasteiger charge is 2.47. The summed E-state index contributed by atoms with van der Waals surface area (Å²) in [7, 11) is 0. The van der Waals surface area contributed by atoms with Crippen LogP contribution in [0.2, 0.25) is 10.0 Å². The Morgan fingerprint density at radius 3 is 2.82 bits per heavy atom. The number of amides is 2. The number of nitriles is 1. The summed E-state index contributed by atoms with van der Waals surface area (Å²) < 4.78 is 27.1. The van der Waals surface area contributed by atoms with Gasteiger partial charge in [0.2, 0.25) is 5.91 Å². The Bertz CT molecular complexity index is 1190. The minimum absolute atomic E-state index is 0.0694. The minimum atomic E-state index is -3.12. The van der Waals surface area contributed by atoms with E-state index in [9.17, 15) is 18.4 Å². The van der Waals surface area contributed by atoms with E-state index in [4.69, 9.17) is 28.5 Å². The Hall–Kier alpha value is -2.92. The molecule has 0 radical (unpaired) electrons. The molecule has 1 aliphatic rings. The molecule has 1 aliphatic heterocycles. The first-order chi connectivity index (χ1) is 16.1. The maximum absolute atomic E-state index is 13.6. The fraction of sp³-hybridized carbons (Fsp3) is 0.364. The van der Waals surface area contributed by atoms with Crippen LogP contribution in [-0.4, -0.2) is 53.3 Å². The lowest BCUT2D eigenvalue weighted by molar-refractivity contribution is -0.131. The zero-order valence-electron chi connectivity index (χ0n) is 17.9. The van der Waals surface area contributed by atoms with Crippen molar-refractivity contribution in [3.63, 3.8) is 0 Å². The van der Waals surface area contributed by atoms with Gasteiger partial charge in [-0.05, 0) is 24.6 Å². The predicted octanol–water partition coefficient (Wildman–Crippen LogP) is 3.97. The lowest BCUT2D eigenvalue weighted by atomic mass is 10.2. The van der Waals surface area contributed by atoms with E-state index in [1.165, 1.54) is 16.7 Å². The van der Waals surface area contributed by atoms with Gasteiger partial charge in [-0.15, -0.1) is 17.3 Å². The van der Waals surface area contributed by atoms with Crippen LogP contribution in [0.4, 0.5) is 13.9 Å². The van der Waals surface area contributed by atoms with Crippen LogP contribution < -0.4 is 10.2 Å². The summed E-state index contributed by atoms with van der Waals surface area (Å²) in [6.07, 6.45) is -0.714. The Balaban J connectivity index is 1.66. The van der Waals surface area contributed by atoms with Crippen LogP contribution in [0, 0.1) is 23.2 Å². The fourth-order valence-electron chi connectivity index (χ4n) is 3.28. The van der Waals surface area contributed by atoms with Crippen LogP contribution in [0.5, 0.6) is 0 Å². The number of carbonyl (C=O) groups excluding carboxylic acids is 2. The minimum Gasteiger partial charge on any atom is -0.342 e. The first kappa shape index (κ1) is 25.7. The largest absolute Gasteiger partial charge is 0.342 e. The van der Waals surface area contributed by atoms with Crippen molar-refractivity contribution >= 4 is 51.5 Å². The number of anilines is 1. The molecule has 2 amide bonds. The molecule has 34 heavy (non-hydrogen) atoms. The smallest absolute Gasteiger partial charge is 0.271 e. The number of rotatable bonds is 7. The Morgan fingerprint density at radius 1 is 1.38 bits per heavy atom. The van der Waals surface area contributed by atoms with Crippen molar-refractivity contribution in [2.45, 2.75) is 31.9 Å². The summed E-state index contributed by atoms with van der Waals surface area (Å²) in [5, 5.41) is 14.3. The highest BCUT2D eigenvalue weighted by molar-refractivity contribution is 7.13. The van der Waals surface area contributed by atoms with E-state index in [1.54, 1.807) is 25.1 Å². The summed E-state index contributed by atoms with van der Waals surface area (Å²) in [6.45, 7) is 1.11. The van der Waals surface area contributed by atoms with Crippen LogP contribution in [0.15, 0.2) is 23.6 Å². The molecular formula is C22H19Cl2F2N5O2S. The number of nitrogens with one attached hydrogen (secondary N) is 1. The number of halogens is 4. The number of aromatic nitrogens is 1. The van der Waals surface area contributed by atoms with Gasteiger partial charge in [0, 0.05) is 18.3 Å². The molecule has 2 heterocycles. The number of benzene rings is 1. The zero-order chi connectivity index (χ0) is 24.9. The SMILES string of the molecule is CC#CCN(Cc1ccc(Cl)c(Cl)c1)c1nc(C(=O)NCC(=O)N2CC(F)(F)C[C@H]2C#N)cs1. The van der Waals surface area contributed by atoms with Gasteiger partial charge in [-0.1, -0.05) is 35.2 Å². The van der Waals surface area contributed by atoms with Crippen LogP contribution in [0.3, 0.4) is 0 Å². The average molecular weight is 526 g/mol. The van der Waals surface area contributed by atoms with Gasteiger partial charge in [0.25, 0.3) is 11.8 Å². The molecule has 1 aromatic carbocycles. The normalized spacial score (nSPS) is 16.4. The predicted molar refractivity (Wildman–Crippen MR) is 126 cm³/mol. The zero-order valence-corrected chi connectivity index (χ0v) is 20.3. The number of thiazole rings is 1. The number of nitrogens with zero attached hydrogens (tertiary/aromatic N) is 4. The molecule has 3 rings (SSSR count). The van der Waals surface area contributed by atoms with Gasteiger partial charge in [-0.25, -0.2) is 13.8 Å². The molecule has 1 N–H and O–H groups in total. The molecular weight excluding hydrogens is 507 g/mol. The summed E-state index contributed by atoms with van der Waals surface area (Å²) in [5.41, 5.74) is 0.938. The summed E-state index contributed by atoms with van der Waals surface area (Å²) in [6, 6.07) is 5.72. The number of hydrogen-bond acceptors (Lipinski definition) is 6. The maximum Gasteiger partial charge on any atom is 0.271 e. The van der Waals surface area contributed by atoms with Crippen molar-refractivity contribution in [2.75, 3.05) is 24.5 Å². The molecule has 12 heteroatoms. The standard InChI is InChI=1S/C22H19Cl2F2N5O2S/c1-2-3-6-30(11-14-4-5-16(23)17(24)7-14)21-29-18(12-34-21)20(33)28-10-19(32)31-13-22(25,26)8-15(31)9-27/h4-5,7,12,15H,6,8,10-11,13H2,1H3,(H,28,33)/t15-/m0/s1. The second-order valence-electron chi connectivity index (χ2n) is 7.46. The third-order valence-corrected chi connectivity index (χ3v) is 6.58. The van der Waals surface area contributed by atoms with E-state index in [1.807, 2.05) is 11.0 Å². The monoisotopic (exact) mass is 525 g/mol. The Labute approximate surface area is 209 Å². The molecule has 0 saturated carbocycles. The average Bonchev–Trinajstić information content (AvgIpc) is 3.41. The first-order valence-corrected chi connectivity index (χ1v) is 11.7. The van der Waals surface area contributed by atoms with Crippen LogP contribution in [0.1, 0.15) is 29.4 Å². The molecule has 0 spiro atoms. The van der Waals surface area contributed by atoms with Crippen molar-refractivity contribution in [1.29, 1.82) is 5.26 Å². The highest BCUT2D eigenvalue weighted by Crippen LogP contribution is 2.31. The molecule has 0 bridgehead atoms. The molecule has 1 aromatic heterocycles. The van der Waals surface area contributed by atoms with Gasteiger partial charge in [0.15, 0.2) is 5.13 Å². The van der Waals surface area contributed by atoms with Gasteiger partial charge >= 0.3 is 0 Å². The molecule has 0 aliphatic carbocycles. The highest BCUT2D eigenvalue weighted by atomic mass is 35.5. The third-order valence-electron chi connectivity index (χ3n) is 4.94. The summed E-state index contributed by atoms with van der Waals surface area (Å²) >= 11 is 13.3. The molecule has 1 saturated heterocycles. The van der Waals surface area contributed by atoms with E-state index in [-0.39, 0.29) is 5.69 Å². The van der Waals surface area contributed by atoms with Crippen molar-refractivity contribution in [3.8, 4) is 17.9 Å². The third kappa shape index (κ3) is 6.35. The molecule has 0 unspecified atom stereocenters. The van der Waals surface area contributed by atoms with Gasteiger partial charge in [0.05, 0.1) is 35.7 Å². The Morgan fingerprint density at radius 2 is 2.15 bits per heavy atom. The fourth-order valence-corrected chi connectivity index (χ4v) is 4.41. The van der Waals surface area contributed by atoms with Gasteiger partial charge in [-0.3, -0.25) is 9.59 Å². The lowest BCUT2D eigenvalue weighted by Crippen LogP contribution is -2.43. The van der Waals surface area contributed by atoms with Gasteiger partial charge in [-0.2, -0.15) is 5.26 Å². The van der Waals surface area contributed by atoms with Crippen molar-refractivity contribution < 1.29 is 18.4 Å². The first-order valence-electron chi connectivity index (χ1n) is 10.0. The summed E-state index contributed by atoms with van der Waals surface area (Å²) in [5.74, 6) is 1.27. The molecule has 7 nitrogen and oxygen atoms in total. The quantitative estimate of drug-likeness (QED) is 0.552. The molecule has 178 valence electrons. The Kier molecular flexibility index (Phi) is 8.32. The summed E-state index contributed by atoms with van der Waals surface area (Å²) in [4.78, 5) is 31.8. The number of alkyl halides is 2. The van der Waals surface area contributed by atoms with E-state index in [0.717, 1.165) is 10.5 Å². The number of hydrogen-bond donors (Lipinski definition) is 1. The van der Waals surface area contributed by atoms with E-state index in [0.29, 0.717) is 28.3 Å².